The van der Waals surface area contributed by atoms with Gasteiger partial charge in [-0.1, -0.05) is 0 Å². The summed E-state index contributed by atoms with van der Waals surface area (Å²) in [5.41, 5.74) is 0. The number of rotatable bonds is 2. The molecule has 0 aromatic carbocycles. The number of likely N-dealkylation sites (N-methyl/N-ethyl adjacent to an activating group) is 1. The predicted octanol–water partition coefficient (Wildman–Crippen LogP) is -1.60. The topological polar surface area (TPSA) is 63.9 Å². The van der Waals surface area contributed by atoms with Gasteiger partial charge in [0.2, 0.25) is 0 Å². The molecule has 0 radical (unpaired) electrons. The van der Waals surface area contributed by atoms with Crippen LogP contribution < -0.4 is 0 Å². The molecule has 1 saturated heterocycles. The first-order chi connectivity index (χ1) is 5.20. The van der Waals surface area contributed by atoms with Crippen molar-refractivity contribution in [1.82, 2.24) is 4.90 Å². The molecule has 1 fully saturated rings. The number of nitrogens with zero attached hydrogens (tertiary/aromatic N) is 1. The highest BCUT2D eigenvalue weighted by atomic mass is 16.3. The second-order valence-corrected chi connectivity index (χ2v) is 3.05. The molecule has 0 aromatic heterocycles. The Morgan fingerprint density at radius 3 is 2.27 bits per heavy atom. The van der Waals surface area contributed by atoms with Gasteiger partial charge in [-0.25, -0.2) is 0 Å². The zero-order chi connectivity index (χ0) is 8.43. The van der Waals surface area contributed by atoms with Gasteiger partial charge in [0, 0.05) is 6.04 Å². The van der Waals surface area contributed by atoms with Crippen molar-refractivity contribution >= 4 is 0 Å². The van der Waals surface area contributed by atoms with E-state index in [4.69, 9.17) is 10.2 Å². The van der Waals surface area contributed by atoms with Crippen molar-refractivity contribution in [2.45, 2.75) is 24.6 Å². The monoisotopic (exact) mass is 161 g/mol. The third-order valence-corrected chi connectivity index (χ3v) is 2.45. The van der Waals surface area contributed by atoms with E-state index >= 15 is 0 Å². The third-order valence-electron chi connectivity index (χ3n) is 2.45. The van der Waals surface area contributed by atoms with Crippen molar-refractivity contribution in [2.75, 3.05) is 20.3 Å². The zero-order valence-corrected chi connectivity index (χ0v) is 6.64. The van der Waals surface area contributed by atoms with Crippen molar-refractivity contribution < 1.29 is 15.3 Å². The first-order valence-corrected chi connectivity index (χ1v) is 3.82. The molecule has 1 rings (SSSR count). The number of hydrogen-bond acceptors (Lipinski definition) is 4. The highest BCUT2D eigenvalue weighted by Crippen LogP contribution is 2.21. The Hall–Kier alpha value is -0.160. The molecular weight excluding hydrogens is 146 g/mol. The van der Waals surface area contributed by atoms with Gasteiger partial charge in [-0.2, -0.15) is 0 Å². The summed E-state index contributed by atoms with van der Waals surface area (Å²) < 4.78 is 0. The minimum Gasteiger partial charge on any atom is -0.395 e. The van der Waals surface area contributed by atoms with E-state index < -0.39 is 6.10 Å². The van der Waals surface area contributed by atoms with E-state index in [-0.39, 0.29) is 25.3 Å². The van der Waals surface area contributed by atoms with Crippen LogP contribution in [0.2, 0.25) is 0 Å². The SMILES string of the molecule is CN1C(CO)CC(O)C1CO. The van der Waals surface area contributed by atoms with E-state index in [9.17, 15) is 5.11 Å². The lowest BCUT2D eigenvalue weighted by Crippen LogP contribution is -2.39. The molecule has 3 N–H and O–H groups in total. The molecule has 0 amide bonds. The van der Waals surface area contributed by atoms with Crippen LogP contribution in [0.15, 0.2) is 0 Å². The molecular formula is C7H15NO3. The van der Waals surface area contributed by atoms with E-state index in [0.29, 0.717) is 6.42 Å². The minimum atomic E-state index is -0.498. The lowest BCUT2D eigenvalue weighted by Gasteiger charge is -2.22. The van der Waals surface area contributed by atoms with Crippen LogP contribution in [-0.2, 0) is 0 Å². The molecule has 0 saturated carbocycles. The van der Waals surface area contributed by atoms with Gasteiger partial charge in [-0.3, -0.25) is 4.90 Å². The van der Waals surface area contributed by atoms with E-state index in [1.165, 1.54) is 0 Å². The average Bonchev–Trinajstić information content (AvgIpc) is 2.26. The highest BCUT2D eigenvalue weighted by molar-refractivity contribution is 4.91. The number of hydrogen-bond donors (Lipinski definition) is 3. The van der Waals surface area contributed by atoms with Gasteiger partial charge in [0.25, 0.3) is 0 Å². The summed E-state index contributed by atoms with van der Waals surface area (Å²) in [6, 6.07) is -0.200. The highest BCUT2D eigenvalue weighted by Gasteiger charge is 2.36. The van der Waals surface area contributed by atoms with Crippen LogP contribution in [0.5, 0.6) is 0 Å². The van der Waals surface area contributed by atoms with Gasteiger partial charge in [0.1, 0.15) is 0 Å². The van der Waals surface area contributed by atoms with Gasteiger partial charge in [-0.15, -0.1) is 0 Å². The summed E-state index contributed by atoms with van der Waals surface area (Å²) in [6.07, 6.45) is 0.0558. The summed E-state index contributed by atoms with van der Waals surface area (Å²) in [7, 11) is 1.80. The molecule has 1 heterocycles. The molecule has 4 heteroatoms. The van der Waals surface area contributed by atoms with E-state index in [0.717, 1.165) is 0 Å². The summed E-state index contributed by atoms with van der Waals surface area (Å²) in [5.74, 6) is 0. The first-order valence-electron chi connectivity index (χ1n) is 3.82. The van der Waals surface area contributed by atoms with E-state index in [1.807, 2.05) is 4.90 Å². The fourth-order valence-corrected chi connectivity index (χ4v) is 1.60. The Morgan fingerprint density at radius 2 is 2.00 bits per heavy atom. The normalized spacial score (nSPS) is 39.8. The Morgan fingerprint density at radius 1 is 1.36 bits per heavy atom. The Bertz CT molecular complexity index is 131. The molecule has 11 heavy (non-hydrogen) atoms. The smallest absolute Gasteiger partial charge is 0.0733 e. The van der Waals surface area contributed by atoms with Gasteiger partial charge >= 0.3 is 0 Å². The lowest BCUT2D eigenvalue weighted by atomic mass is 10.1. The lowest BCUT2D eigenvalue weighted by molar-refractivity contribution is 0.0719. The van der Waals surface area contributed by atoms with Crippen molar-refractivity contribution in [3.05, 3.63) is 0 Å². The standard InChI is InChI=1S/C7H15NO3/c1-8-5(3-9)2-7(11)6(8)4-10/h5-7,9-11H,2-4H2,1H3. The maximum Gasteiger partial charge on any atom is 0.0733 e. The predicted molar refractivity (Wildman–Crippen MR) is 40.1 cm³/mol. The third kappa shape index (κ3) is 1.54. The number of aliphatic hydroxyl groups excluding tert-OH is 3. The summed E-state index contributed by atoms with van der Waals surface area (Å²) >= 11 is 0. The van der Waals surface area contributed by atoms with Crippen LogP contribution in [0.1, 0.15) is 6.42 Å². The van der Waals surface area contributed by atoms with Gasteiger partial charge in [0.05, 0.1) is 25.4 Å². The summed E-state index contributed by atoms with van der Waals surface area (Å²) in [5, 5.41) is 27.0. The van der Waals surface area contributed by atoms with Gasteiger partial charge in [0.15, 0.2) is 0 Å². The molecule has 3 unspecified atom stereocenters. The summed E-state index contributed by atoms with van der Waals surface area (Å²) in [4.78, 5) is 1.82. The zero-order valence-electron chi connectivity index (χ0n) is 6.64. The molecule has 0 aromatic rings. The maximum atomic E-state index is 9.35. The molecule has 66 valence electrons. The Kier molecular flexibility index (Phi) is 2.84. The maximum absolute atomic E-state index is 9.35. The fourth-order valence-electron chi connectivity index (χ4n) is 1.60. The van der Waals surface area contributed by atoms with Crippen LogP contribution in [-0.4, -0.2) is 58.7 Å². The second-order valence-electron chi connectivity index (χ2n) is 3.05. The van der Waals surface area contributed by atoms with Gasteiger partial charge < -0.3 is 15.3 Å². The molecule has 0 spiro atoms. The van der Waals surface area contributed by atoms with Crippen LogP contribution in [0, 0.1) is 0 Å². The van der Waals surface area contributed by atoms with Crippen molar-refractivity contribution in [3.8, 4) is 0 Å². The van der Waals surface area contributed by atoms with E-state index in [2.05, 4.69) is 0 Å². The van der Waals surface area contributed by atoms with Crippen molar-refractivity contribution in [1.29, 1.82) is 0 Å². The number of likely N-dealkylation sites (tertiary alicyclic amines) is 1. The van der Waals surface area contributed by atoms with Crippen LogP contribution in [0.4, 0.5) is 0 Å². The molecule has 0 aliphatic carbocycles. The Labute approximate surface area is 66.1 Å². The summed E-state index contributed by atoms with van der Waals surface area (Å²) in [6.45, 7) is -0.00176. The molecule has 1 aliphatic heterocycles. The van der Waals surface area contributed by atoms with Gasteiger partial charge in [-0.05, 0) is 13.5 Å². The molecule has 3 atom stereocenters. The molecule has 0 bridgehead atoms. The van der Waals surface area contributed by atoms with Crippen LogP contribution in [0.25, 0.3) is 0 Å². The van der Waals surface area contributed by atoms with E-state index in [1.54, 1.807) is 7.05 Å². The quantitative estimate of drug-likeness (QED) is 0.456. The average molecular weight is 161 g/mol. The van der Waals surface area contributed by atoms with Crippen LogP contribution >= 0.6 is 0 Å². The van der Waals surface area contributed by atoms with Crippen LogP contribution in [0.3, 0.4) is 0 Å². The molecule has 4 nitrogen and oxygen atoms in total. The Balaban J connectivity index is 2.55. The largest absolute Gasteiger partial charge is 0.395 e. The minimum absolute atomic E-state index is 0.00199. The van der Waals surface area contributed by atoms with Crippen molar-refractivity contribution in [3.63, 3.8) is 0 Å². The van der Waals surface area contributed by atoms with Crippen molar-refractivity contribution in [2.24, 2.45) is 0 Å². The first kappa shape index (κ1) is 8.93. The molecule has 1 aliphatic rings. The number of aliphatic hydroxyl groups is 3. The fraction of sp³-hybridized carbons (Fsp3) is 1.00. The second kappa shape index (κ2) is 3.49.